The number of nitriles is 1. The monoisotopic (exact) mass is 690 g/mol. The van der Waals surface area contributed by atoms with Crippen LogP contribution in [0.3, 0.4) is 0 Å². The summed E-state index contributed by atoms with van der Waals surface area (Å²) in [6, 6.07) is 10.2. The molecule has 3 fully saturated rings. The van der Waals surface area contributed by atoms with E-state index in [9.17, 15) is 24.0 Å². The minimum Gasteiger partial charge on any atom is -0.494 e. The number of hydrogen-bond donors (Lipinski definition) is 3. The third-order valence-electron chi connectivity index (χ3n) is 10.0. The van der Waals surface area contributed by atoms with Gasteiger partial charge in [-0.15, -0.1) is 0 Å². The van der Waals surface area contributed by atoms with Gasteiger partial charge in [-0.1, -0.05) is 39.3 Å². The zero-order chi connectivity index (χ0) is 35.2. The number of fused-ring (bicyclic) bond motifs is 1. The Balaban J connectivity index is 0.959. The lowest BCUT2D eigenvalue weighted by Gasteiger charge is -2.63. The maximum atomic E-state index is 13.4. The van der Waals surface area contributed by atoms with Crippen LogP contribution in [0.25, 0.3) is 0 Å². The van der Waals surface area contributed by atoms with Crippen LogP contribution in [-0.2, 0) is 14.4 Å². The topological polar surface area (TPSA) is 170 Å². The Kier molecular flexibility index (Phi) is 9.17. The van der Waals surface area contributed by atoms with Gasteiger partial charge in [0.1, 0.15) is 35.8 Å². The summed E-state index contributed by atoms with van der Waals surface area (Å²) in [4.78, 5) is 64.1. The fraction of sp³-hybridized carbons (Fsp3) is 0.486. The molecule has 4 aliphatic rings. The van der Waals surface area contributed by atoms with E-state index >= 15 is 0 Å². The molecule has 3 N–H and O–H groups in total. The molecular weight excluding hydrogens is 652 g/mol. The summed E-state index contributed by atoms with van der Waals surface area (Å²) in [6.07, 6.45) is 1.23. The van der Waals surface area contributed by atoms with E-state index in [4.69, 9.17) is 26.3 Å². The highest BCUT2D eigenvalue weighted by molar-refractivity contribution is 6.31. The van der Waals surface area contributed by atoms with Gasteiger partial charge in [0.05, 0.1) is 28.3 Å². The Labute approximate surface area is 289 Å². The van der Waals surface area contributed by atoms with Crippen LogP contribution in [0, 0.1) is 22.2 Å². The van der Waals surface area contributed by atoms with Crippen molar-refractivity contribution >= 4 is 41.1 Å². The standard InChI is InChI=1S/C35H39ClN6O7/c1-34(2)32(35(3,4)33(34)49-21-7-6-19(18-37)24(36)17-21)39-28(44)25-12-14-41(40-25)13-5-15-48-20-8-9-22-23(16-20)31(47)42(30(22)46)26-10-11-27(43)38-29(26)45/h6-9,16-17,25-26,32-33,40H,5,10-15H2,1-4H3,(H,39,44)(H,38,43,45)/t25?,26?,32-,33-. The average molecular weight is 691 g/mol. The lowest BCUT2D eigenvalue weighted by Crippen LogP contribution is -2.75. The molecule has 2 aromatic carbocycles. The second kappa shape index (κ2) is 13.1. The highest BCUT2D eigenvalue weighted by atomic mass is 35.5. The molecule has 2 atom stereocenters. The van der Waals surface area contributed by atoms with Gasteiger partial charge >= 0.3 is 0 Å². The van der Waals surface area contributed by atoms with Crippen molar-refractivity contribution in [1.29, 1.82) is 5.26 Å². The number of nitrogens with zero attached hydrogens (tertiary/aromatic N) is 3. The zero-order valence-electron chi connectivity index (χ0n) is 27.8. The number of hydrogen-bond acceptors (Lipinski definition) is 10. The molecular formula is C35H39ClN6O7. The number of carbonyl (C=O) groups is 5. The number of hydrazine groups is 1. The number of imide groups is 2. The van der Waals surface area contributed by atoms with E-state index in [1.165, 1.54) is 12.1 Å². The van der Waals surface area contributed by atoms with Crippen molar-refractivity contribution in [2.75, 3.05) is 19.7 Å². The lowest BCUT2D eigenvalue weighted by molar-refractivity contribution is -0.174. The first kappa shape index (κ1) is 34.4. The molecule has 0 spiro atoms. The molecule has 1 saturated carbocycles. The Morgan fingerprint density at radius 3 is 2.43 bits per heavy atom. The molecule has 3 heterocycles. The normalized spacial score (nSPS) is 25.7. The molecule has 1 aliphatic carbocycles. The maximum absolute atomic E-state index is 13.4. The first-order valence-electron chi connectivity index (χ1n) is 16.4. The van der Waals surface area contributed by atoms with Crippen molar-refractivity contribution in [2.45, 2.75) is 77.6 Å². The summed E-state index contributed by atoms with van der Waals surface area (Å²) < 4.78 is 12.2. The summed E-state index contributed by atoms with van der Waals surface area (Å²) in [5.74, 6) is -1.30. The van der Waals surface area contributed by atoms with E-state index in [2.05, 4.69) is 43.8 Å². The van der Waals surface area contributed by atoms with E-state index in [1.807, 2.05) is 11.1 Å². The number of ether oxygens (including phenoxy) is 2. The highest BCUT2D eigenvalue weighted by Crippen LogP contribution is 2.55. The minimum atomic E-state index is -1.02. The van der Waals surface area contributed by atoms with E-state index in [1.54, 1.807) is 24.3 Å². The third kappa shape index (κ3) is 6.36. The molecule has 13 nitrogen and oxygen atoms in total. The van der Waals surface area contributed by atoms with Crippen LogP contribution in [-0.4, -0.2) is 83.4 Å². The molecule has 14 heteroatoms. The quantitative estimate of drug-likeness (QED) is 0.249. The predicted molar refractivity (Wildman–Crippen MR) is 176 cm³/mol. The molecule has 3 aliphatic heterocycles. The third-order valence-corrected chi connectivity index (χ3v) is 10.3. The summed E-state index contributed by atoms with van der Waals surface area (Å²) in [5, 5.41) is 16.9. The Morgan fingerprint density at radius 1 is 1.02 bits per heavy atom. The van der Waals surface area contributed by atoms with Crippen molar-refractivity contribution in [1.82, 2.24) is 26.0 Å². The van der Waals surface area contributed by atoms with Crippen LogP contribution in [0.5, 0.6) is 11.5 Å². The Hall–Kier alpha value is -4.51. The number of amides is 5. The van der Waals surface area contributed by atoms with Crippen LogP contribution in [0.4, 0.5) is 0 Å². The van der Waals surface area contributed by atoms with Gasteiger partial charge < -0.3 is 14.8 Å². The first-order valence-corrected chi connectivity index (χ1v) is 16.8. The summed E-state index contributed by atoms with van der Waals surface area (Å²) >= 11 is 6.21. The maximum Gasteiger partial charge on any atom is 0.262 e. The summed E-state index contributed by atoms with van der Waals surface area (Å²) in [5.41, 5.74) is 3.31. The van der Waals surface area contributed by atoms with Crippen LogP contribution >= 0.6 is 11.6 Å². The van der Waals surface area contributed by atoms with Gasteiger partial charge in [-0.2, -0.15) is 5.26 Å². The second-order valence-corrected chi connectivity index (χ2v) is 14.6. The number of piperidine rings is 1. The van der Waals surface area contributed by atoms with Crippen LogP contribution in [0.2, 0.25) is 5.02 Å². The first-order chi connectivity index (χ1) is 23.2. The highest BCUT2D eigenvalue weighted by Gasteiger charge is 2.64. The van der Waals surface area contributed by atoms with E-state index < -0.39 is 29.7 Å². The van der Waals surface area contributed by atoms with E-state index in [-0.39, 0.29) is 58.9 Å². The largest absolute Gasteiger partial charge is 0.494 e. The van der Waals surface area contributed by atoms with Gasteiger partial charge in [-0.05, 0) is 49.6 Å². The van der Waals surface area contributed by atoms with E-state index in [0.29, 0.717) is 54.6 Å². The lowest BCUT2D eigenvalue weighted by atomic mass is 9.49. The fourth-order valence-corrected chi connectivity index (χ4v) is 8.04. The molecule has 2 saturated heterocycles. The molecule has 6 rings (SSSR count). The van der Waals surface area contributed by atoms with Gasteiger partial charge in [0.2, 0.25) is 17.7 Å². The molecule has 2 unspecified atom stereocenters. The molecule has 0 aromatic heterocycles. The average Bonchev–Trinajstić information content (AvgIpc) is 3.63. The van der Waals surface area contributed by atoms with Crippen LogP contribution in [0.15, 0.2) is 36.4 Å². The minimum absolute atomic E-state index is 0.0561. The Morgan fingerprint density at radius 2 is 1.73 bits per heavy atom. The zero-order valence-corrected chi connectivity index (χ0v) is 28.6. The van der Waals surface area contributed by atoms with Gasteiger partial charge in [-0.25, -0.2) is 10.4 Å². The smallest absolute Gasteiger partial charge is 0.262 e. The number of nitrogens with one attached hydrogen (secondary N) is 3. The summed E-state index contributed by atoms with van der Waals surface area (Å²) in [7, 11) is 0. The number of rotatable bonds is 10. The molecule has 2 aromatic rings. The van der Waals surface area contributed by atoms with Crippen LogP contribution < -0.4 is 25.5 Å². The summed E-state index contributed by atoms with van der Waals surface area (Å²) in [6.45, 7) is 9.91. The van der Waals surface area contributed by atoms with Crippen molar-refractivity contribution in [3.8, 4) is 17.6 Å². The molecule has 258 valence electrons. The SMILES string of the molecule is CC1(C)[C@H](NC(=O)C2CCN(CCCOc3ccc4c(c3)C(=O)N(C3CCC(=O)NC3=O)C4=O)N2)C(C)(C)[C@H]1Oc1ccc(C#N)c(Cl)c1. The van der Waals surface area contributed by atoms with E-state index in [0.717, 1.165) is 4.90 Å². The molecule has 0 bridgehead atoms. The number of carbonyl (C=O) groups excluding carboxylic acids is 5. The van der Waals surface area contributed by atoms with Crippen molar-refractivity contribution < 1.29 is 33.4 Å². The van der Waals surface area contributed by atoms with Crippen molar-refractivity contribution in [3.05, 3.63) is 58.1 Å². The number of benzene rings is 2. The van der Waals surface area contributed by atoms with Crippen molar-refractivity contribution in [3.63, 3.8) is 0 Å². The fourth-order valence-electron chi connectivity index (χ4n) is 7.82. The van der Waals surface area contributed by atoms with Gasteiger partial charge in [0.15, 0.2) is 0 Å². The second-order valence-electron chi connectivity index (χ2n) is 14.1. The van der Waals surface area contributed by atoms with Gasteiger partial charge in [-0.3, -0.25) is 34.2 Å². The van der Waals surface area contributed by atoms with Gasteiger partial charge in [0, 0.05) is 42.4 Å². The van der Waals surface area contributed by atoms with Gasteiger partial charge in [0.25, 0.3) is 11.8 Å². The van der Waals surface area contributed by atoms with Crippen molar-refractivity contribution in [2.24, 2.45) is 10.8 Å². The molecule has 0 radical (unpaired) electrons. The molecule has 49 heavy (non-hydrogen) atoms. The number of halogens is 1. The predicted octanol–water partition coefficient (Wildman–Crippen LogP) is 2.96. The van der Waals surface area contributed by atoms with Crippen LogP contribution in [0.1, 0.15) is 79.7 Å². The molecule has 5 amide bonds. The Bertz CT molecular complexity index is 1750.